The summed E-state index contributed by atoms with van der Waals surface area (Å²) in [7, 11) is 3.21. The van der Waals surface area contributed by atoms with E-state index in [-0.39, 0.29) is 17.8 Å². The highest BCUT2D eigenvalue weighted by molar-refractivity contribution is 5.94. The van der Waals surface area contributed by atoms with Crippen molar-refractivity contribution in [3.63, 3.8) is 0 Å². The van der Waals surface area contributed by atoms with Crippen molar-refractivity contribution in [2.75, 3.05) is 14.2 Å². The maximum absolute atomic E-state index is 13.1. The molecule has 1 atom stereocenters. The Kier molecular flexibility index (Phi) is 4.42. The van der Waals surface area contributed by atoms with Crippen molar-refractivity contribution in [2.45, 2.75) is 25.9 Å². The van der Waals surface area contributed by atoms with Crippen molar-refractivity contribution in [3.05, 3.63) is 58.9 Å². The van der Waals surface area contributed by atoms with E-state index in [2.05, 4.69) is 0 Å². The molecule has 4 nitrogen and oxygen atoms in total. The fraction of sp³-hybridized carbons (Fsp3) is 0.316. The van der Waals surface area contributed by atoms with Gasteiger partial charge in [-0.25, -0.2) is 4.39 Å². The number of benzene rings is 2. The zero-order valence-corrected chi connectivity index (χ0v) is 14.0. The maximum Gasteiger partial charge on any atom is 0.254 e. The third-order valence-electron chi connectivity index (χ3n) is 4.45. The average Bonchev–Trinajstić information content (AvgIpc) is 2.60. The molecular formula is C19H20FNO3. The fourth-order valence-corrected chi connectivity index (χ4v) is 3.10. The van der Waals surface area contributed by atoms with Gasteiger partial charge in [0.1, 0.15) is 5.82 Å². The second kappa shape index (κ2) is 6.51. The summed E-state index contributed by atoms with van der Waals surface area (Å²) in [5.74, 6) is 0.907. The van der Waals surface area contributed by atoms with E-state index in [9.17, 15) is 9.18 Å². The van der Waals surface area contributed by atoms with E-state index >= 15 is 0 Å². The maximum atomic E-state index is 13.1. The van der Waals surface area contributed by atoms with Gasteiger partial charge in [0.05, 0.1) is 14.2 Å². The SMILES string of the molecule is COc1cc2c(cc1OC)CN(C(=O)c1ccc(F)cc1)C(C)C2. The van der Waals surface area contributed by atoms with Crippen LogP contribution in [0.4, 0.5) is 4.39 Å². The Balaban J connectivity index is 1.91. The van der Waals surface area contributed by atoms with Crippen molar-refractivity contribution in [3.8, 4) is 11.5 Å². The Hall–Kier alpha value is -2.56. The molecule has 1 unspecified atom stereocenters. The van der Waals surface area contributed by atoms with Crippen LogP contribution < -0.4 is 9.47 Å². The number of amides is 1. The van der Waals surface area contributed by atoms with Crippen molar-refractivity contribution < 1.29 is 18.7 Å². The summed E-state index contributed by atoms with van der Waals surface area (Å²) in [6.07, 6.45) is 0.739. The number of carbonyl (C=O) groups excluding carboxylic acids is 1. The molecule has 1 amide bonds. The lowest BCUT2D eigenvalue weighted by molar-refractivity contribution is 0.0658. The van der Waals surface area contributed by atoms with E-state index < -0.39 is 0 Å². The van der Waals surface area contributed by atoms with Gasteiger partial charge < -0.3 is 14.4 Å². The van der Waals surface area contributed by atoms with Gasteiger partial charge in [-0.1, -0.05) is 0 Å². The van der Waals surface area contributed by atoms with Gasteiger partial charge in [0.15, 0.2) is 11.5 Å². The van der Waals surface area contributed by atoms with E-state index in [0.717, 1.165) is 17.5 Å². The molecule has 3 rings (SSSR count). The minimum Gasteiger partial charge on any atom is -0.493 e. The Bertz CT molecular complexity index is 758. The molecule has 0 fully saturated rings. The van der Waals surface area contributed by atoms with Crippen LogP contribution in [0.25, 0.3) is 0 Å². The normalized spacial score (nSPS) is 16.5. The van der Waals surface area contributed by atoms with Gasteiger partial charge in [0, 0.05) is 18.2 Å². The topological polar surface area (TPSA) is 38.8 Å². The van der Waals surface area contributed by atoms with Crippen molar-refractivity contribution >= 4 is 5.91 Å². The molecule has 2 aromatic carbocycles. The molecular weight excluding hydrogens is 309 g/mol. The summed E-state index contributed by atoms with van der Waals surface area (Å²) in [6.45, 7) is 2.51. The van der Waals surface area contributed by atoms with Crippen molar-refractivity contribution in [1.82, 2.24) is 4.90 Å². The Labute approximate surface area is 140 Å². The first-order valence-corrected chi connectivity index (χ1v) is 7.83. The van der Waals surface area contributed by atoms with E-state index in [1.165, 1.54) is 24.3 Å². The zero-order valence-electron chi connectivity index (χ0n) is 14.0. The predicted octanol–water partition coefficient (Wildman–Crippen LogP) is 3.43. The molecule has 0 aromatic heterocycles. The number of hydrogen-bond acceptors (Lipinski definition) is 3. The zero-order chi connectivity index (χ0) is 17.3. The van der Waals surface area contributed by atoms with Crippen LogP contribution in [0.2, 0.25) is 0 Å². The first-order valence-electron chi connectivity index (χ1n) is 7.83. The van der Waals surface area contributed by atoms with Crippen LogP contribution in [0.3, 0.4) is 0 Å². The molecule has 1 heterocycles. The summed E-state index contributed by atoms with van der Waals surface area (Å²) in [5.41, 5.74) is 2.69. The fourth-order valence-electron chi connectivity index (χ4n) is 3.10. The van der Waals surface area contributed by atoms with Gasteiger partial charge in [-0.2, -0.15) is 0 Å². The molecule has 2 aromatic rings. The number of carbonyl (C=O) groups is 1. The van der Waals surface area contributed by atoms with Crippen molar-refractivity contribution in [1.29, 1.82) is 0 Å². The first-order chi connectivity index (χ1) is 11.5. The van der Waals surface area contributed by atoms with E-state index in [0.29, 0.717) is 23.6 Å². The number of fused-ring (bicyclic) bond motifs is 1. The second-order valence-electron chi connectivity index (χ2n) is 5.97. The van der Waals surface area contributed by atoms with E-state index in [4.69, 9.17) is 9.47 Å². The monoisotopic (exact) mass is 329 g/mol. The van der Waals surface area contributed by atoms with Gasteiger partial charge in [-0.15, -0.1) is 0 Å². The lowest BCUT2D eigenvalue weighted by Crippen LogP contribution is -2.42. The standard InChI is InChI=1S/C19H20FNO3/c1-12-8-14-9-17(23-2)18(24-3)10-15(14)11-21(12)19(22)13-4-6-16(20)7-5-13/h4-7,9-10,12H,8,11H2,1-3H3. The Morgan fingerprint density at radius 2 is 1.67 bits per heavy atom. The Morgan fingerprint density at radius 3 is 2.25 bits per heavy atom. The molecule has 0 radical (unpaired) electrons. The summed E-state index contributed by atoms with van der Waals surface area (Å²) in [5, 5.41) is 0. The molecule has 0 N–H and O–H groups in total. The molecule has 1 aliphatic rings. The number of ether oxygens (including phenoxy) is 2. The summed E-state index contributed by atoms with van der Waals surface area (Å²) in [4.78, 5) is 14.6. The van der Waals surface area contributed by atoms with E-state index in [1.807, 2.05) is 24.0 Å². The molecule has 0 aliphatic carbocycles. The molecule has 0 bridgehead atoms. The van der Waals surface area contributed by atoms with E-state index in [1.54, 1.807) is 14.2 Å². The number of methoxy groups -OCH3 is 2. The lowest BCUT2D eigenvalue weighted by atomic mass is 9.93. The Morgan fingerprint density at radius 1 is 1.08 bits per heavy atom. The third kappa shape index (κ3) is 2.94. The van der Waals surface area contributed by atoms with Crippen LogP contribution in [-0.2, 0) is 13.0 Å². The minimum atomic E-state index is -0.347. The average molecular weight is 329 g/mol. The molecule has 0 saturated carbocycles. The van der Waals surface area contributed by atoms with Gasteiger partial charge in [0.2, 0.25) is 0 Å². The molecule has 126 valence electrons. The van der Waals surface area contributed by atoms with Crippen LogP contribution in [0.1, 0.15) is 28.4 Å². The highest BCUT2D eigenvalue weighted by atomic mass is 19.1. The first kappa shape index (κ1) is 16.3. The highest BCUT2D eigenvalue weighted by Crippen LogP contribution is 2.35. The molecule has 0 spiro atoms. The highest BCUT2D eigenvalue weighted by Gasteiger charge is 2.28. The number of halogens is 1. The van der Waals surface area contributed by atoms with Crippen molar-refractivity contribution in [2.24, 2.45) is 0 Å². The van der Waals surface area contributed by atoms with Crippen LogP contribution in [-0.4, -0.2) is 31.1 Å². The number of rotatable bonds is 3. The summed E-state index contributed by atoms with van der Waals surface area (Å²) >= 11 is 0. The predicted molar refractivity (Wildman–Crippen MR) is 89.0 cm³/mol. The number of nitrogens with zero attached hydrogens (tertiary/aromatic N) is 1. The smallest absolute Gasteiger partial charge is 0.254 e. The van der Waals surface area contributed by atoms with Crippen LogP contribution >= 0.6 is 0 Å². The minimum absolute atomic E-state index is 0.0492. The second-order valence-corrected chi connectivity index (χ2v) is 5.97. The van der Waals surface area contributed by atoms with Gasteiger partial charge >= 0.3 is 0 Å². The summed E-state index contributed by atoms with van der Waals surface area (Å²) in [6, 6.07) is 9.61. The molecule has 24 heavy (non-hydrogen) atoms. The van der Waals surface area contributed by atoms with Gasteiger partial charge in [-0.3, -0.25) is 4.79 Å². The van der Waals surface area contributed by atoms with Crippen LogP contribution in [0, 0.1) is 5.82 Å². The van der Waals surface area contributed by atoms with Gasteiger partial charge in [-0.05, 0) is 60.9 Å². The lowest BCUT2D eigenvalue weighted by Gasteiger charge is -2.35. The van der Waals surface area contributed by atoms with Gasteiger partial charge in [0.25, 0.3) is 5.91 Å². The summed E-state index contributed by atoms with van der Waals surface area (Å²) < 4.78 is 23.8. The molecule has 1 aliphatic heterocycles. The third-order valence-corrected chi connectivity index (χ3v) is 4.45. The molecule has 0 saturated heterocycles. The largest absolute Gasteiger partial charge is 0.493 e. The number of hydrogen-bond donors (Lipinski definition) is 0. The van der Waals surface area contributed by atoms with Crippen LogP contribution in [0.15, 0.2) is 36.4 Å². The molecule has 5 heteroatoms. The van der Waals surface area contributed by atoms with Crippen LogP contribution in [0.5, 0.6) is 11.5 Å². The quantitative estimate of drug-likeness (QED) is 0.866.